The van der Waals surface area contributed by atoms with Crippen LogP contribution in [-0.4, -0.2) is 31.3 Å². The standard InChI is InChI=1S/C10H12Cl2F3N3/c1-3-16-8-6(11)4-7(12)9(17-8)18(2)5-10(13,14)15/h4H,3,5H2,1-2H3,(H,16,17). The summed E-state index contributed by atoms with van der Waals surface area (Å²) in [6, 6.07) is 1.37. The molecule has 1 N–H and O–H groups in total. The van der Waals surface area contributed by atoms with E-state index in [-0.39, 0.29) is 15.9 Å². The molecule has 0 aliphatic heterocycles. The van der Waals surface area contributed by atoms with Gasteiger partial charge < -0.3 is 10.2 Å². The number of rotatable bonds is 4. The first-order chi connectivity index (χ1) is 8.24. The molecule has 1 rings (SSSR count). The summed E-state index contributed by atoms with van der Waals surface area (Å²) in [4.78, 5) is 4.93. The number of aromatic nitrogens is 1. The van der Waals surface area contributed by atoms with Crippen molar-refractivity contribution >= 4 is 34.8 Å². The van der Waals surface area contributed by atoms with Gasteiger partial charge in [0.1, 0.15) is 18.2 Å². The zero-order valence-electron chi connectivity index (χ0n) is 9.78. The van der Waals surface area contributed by atoms with Gasteiger partial charge in [0.25, 0.3) is 0 Å². The Labute approximate surface area is 113 Å². The fraction of sp³-hybridized carbons (Fsp3) is 0.500. The van der Waals surface area contributed by atoms with Crippen molar-refractivity contribution in [2.75, 3.05) is 30.4 Å². The van der Waals surface area contributed by atoms with Crippen molar-refractivity contribution < 1.29 is 13.2 Å². The highest BCUT2D eigenvalue weighted by atomic mass is 35.5. The van der Waals surface area contributed by atoms with Crippen LogP contribution in [0.3, 0.4) is 0 Å². The van der Waals surface area contributed by atoms with Crippen LogP contribution in [0.1, 0.15) is 6.92 Å². The zero-order valence-corrected chi connectivity index (χ0v) is 11.3. The topological polar surface area (TPSA) is 28.2 Å². The van der Waals surface area contributed by atoms with E-state index >= 15 is 0 Å². The second kappa shape index (κ2) is 5.84. The summed E-state index contributed by atoms with van der Waals surface area (Å²) in [6.07, 6.45) is -4.32. The van der Waals surface area contributed by atoms with Crippen LogP contribution < -0.4 is 10.2 Å². The largest absolute Gasteiger partial charge is 0.405 e. The first-order valence-corrected chi connectivity index (χ1v) is 5.88. The van der Waals surface area contributed by atoms with E-state index in [1.165, 1.54) is 13.1 Å². The van der Waals surface area contributed by atoms with Crippen molar-refractivity contribution in [2.24, 2.45) is 0 Å². The third-order valence-electron chi connectivity index (χ3n) is 2.03. The van der Waals surface area contributed by atoms with Gasteiger partial charge in [-0.05, 0) is 13.0 Å². The average molecular weight is 302 g/mol. The maximum absolute atomic E-state index is 12.3. The molecular weight excluding hydrogens is 290 g/mol. The molecule has 8 heteroatoms. The highest BCUT2D eigenvalue weighted by molar-refractivity contribution is 6.37. The molecule has 0 radical (unpaired) electrons. The molecule has 1 aromatic rings. The number of alkyl halides is 3. The highest BCUT2D eigenvalue weighted by Crippen LogP contribution is 2.32. The van der Waals surface area contributed by atoms with Gasteiger partial charge in [0.05, 0.1) is 10.0 Å². The molecule has 1 heterocycles. The third kappa shape index (κ3) is 4.10. The molecule has 0 saturated carbocycles. The number of anilines is 2. The van der Waals surface area contributed by atoms with Crippen LogP contribution in [0, 0.1) is 0 Å². The Balaban J connectivity index is 3.04. The van der Waals surface area contributed by atoms with Crippen LogP contribution in [0.4, 0.5) is 24.8 Å². The molecule has 0 aromatic carbocycles. The van der Waals surface area contributed by atoms with E-state index in [4.69, 9.17) is 23.2 Å². The first-order valence-electron chi connectivity index (χ1n) is 5.12. The quantitative estimate of drug-likeness (QED) is 0.916. The number of nitrogens with zero attached hydrogens (tertiary/aromatic N) is 2. The molecule has 0 atom stereocenters. The average Bonchev–Trinajstić information content (AvgIpc) is 2.19. The van der Waals surface area contributed by atoms with Crippen LogP contribution in [-0.2, 0) is 0 Å². The van der Waals surface area contributed by atoms with Crippen LogP contribution in [0.15, 0.2) is 6.07 Å². The summed E-state index contributed by atoms with van der Waals surface area (Å²) in [6.45, 7) is 1.25. The number of pyridine rings is 1. The van der Waals surface area contributed by atoms with Crippen molar-refractivity contribution in [2.45, 2.75) is 13.1 Å². The van der Waals surface area contributed by atoms with E-state index in [9.17, 15) is 13.2 Å². The Kier molecular flexibility index (Phi) is 4.92. The van der Waals surface area contributed by atoms with Gasteiger partial charge >= 0.3 is 6.18 Å². The lowest BCUT2D eigenvalue weighted by molar-refractivity contribution is -0.119. The number of halogens is 5. The van der Waals surface area contributed by atoms with Gasteiger partial charge in [-0.15, -0.1) is 0 Å². The molecule has 0 amide bonds. The van der Waals surface area contributed by atoms with E-state index in [0.717, 1.165) is 4.90 Å². The van der Waals surface area contributed by atoms with Gasteiger partial charge in [0, 0.05) is 13.6 Å². The SMILES string of the molecule is CCNc1nc(N(C)CC(F)(F)F)c(Cl)cc1Cl. The molecule has 102 valence electrons. The van der Waals surface area contributed by atoms with Crippen molar-refractivity contribution in [3.8, 4) is 0 Å². The number of hydrogen-bond donors (Lipinski definition) is 1. The minimum Gasteiger partial charge on any atom is -0.369 e. The fourth-order valence-electron chi connectivity index (χ4n) is 1.36. The minimum absolute atomic E-state index is 0.0364. The van der Waals surface area contributed by atoms with Crippen LogP contribution in [0.2, 0.25) is 10.0 Å². The predicted octanol–water partition coefficient (Wildman–Crippen LogP) is 3.82. The molecular formula is C10H12Cl2F3N3. The van der Waals surface area contributed by atoms with E-state index in [2.05, 4.69) is 10.3 Å². The lowest BCUT2D eigenvalue weighted by Gasteiger charge is -2.22. The summed E-state index contributed by atoms with van der Waals surface area (Å²) < 4.78 is 36.9. The Bertz CT molecular complexity index is 424. The molecule has 18 heavy (non-hydrogen) atoms. The van der Waals surface area contributed by atoms with Crippen molar-refractivity contribution in [1.29, 1.82) is 0 Å². The van der Waals surface area contributed by atoms with Gasteiger partial charge in [-0.1, -0.05) is 23.2 Å². The van der Waals surface area contributed by atoms with Gasteiger partial charge in [0.15, 0.2) is 0 Å². The summed E-state index contributed by atoms with van der Waals surface area (Å²) in [5, 5.41) is 3.20. The molecule has 0 aliphatic carbocycles. The van der Waals surface area contributed by atoms with E-state index in [1.54, 1.807) is 0 Å². The lowest BCUT2D eigenvalue weighted by Crippen LogP contribution is -2.31. The molecule has 0 aliphatic rings. The van der Waals surface area contributed by atoms with Gasteiger partial charge in [-0.25, -0.2) is 4.98 Å². The highest BCUT2D eigenvalue weighted by Gasteiger charge is 2.30. The Morgan fingerprint density at radius 3 is 2.44 bits per heavy atom. The van der Waals surface area contributed by atoms with E-state index < -0.39 is 12.7 Å². The fourth-order valence-corrected chi connectivity index (χ4v) is 1.93. The van der Waals surface area contributed by atoms with Gasteiger partial charge in [-0.2, -0.15) is 13.2 Å². The molecule has 1 aromatic heterocycles. The molecule has 0 spiro atoms. The first kappa shape index (κ1) is 15.2. The maximum atomic E-state index is 12.3. The lowest BCUT2D eigenvalue weighted by atomic mass is 10.4. The predicted molar refractivity (Wildman–Crippen MR) is 67.7 cm³/mol. The van der Waals surface area contributed by atoms with Crippen LogP contribution >= 0.6 is 23.2 Å². The van der Waals surface area contributed by atoms with E-state index in [1.807, 2.05) is 6.92 Å². The molecule has 0 saturated heterocycles. The van der Waals surface area contributed by atoms with E-state index in [0.29, 0.717) is 12.4 Å². The molecule has 0 fully saturated rings. The summed E-state index contributed by atoms with van der Waals surface area (Å²) in [5.74, 6) is 0.349. The van der Waals surface area contributed by atoms with Gasteiger partial charge in [0.2, 0.25) is 0 Å². The number of nitrogens with one attached hydrogen (secondary N) is 1. The summed E-state index contributed by atoms with van der Waals surface area (Å²) in [5.41, 5.74) is 0. The van der Waals surface area contributed by atoms with Crippen LogP contribution in [0.5, 0.6) is 0 Å². The maximum Gasteiger partial charge on any atom is 0.405 e. The van der Waals surface area contributed by atoms with Crippen molar-refractivity contribution in [3.05, 3.63) is 16.1 Å². The second-order valence-electron chi connectivity index (χ2n) is 3.63. The monoisotopic (exact) mass is 301 g/mol. The Hall–Kier alpha value is -0.880. The molecule has 3 nitrogen and oxygen atoms in total. The normalized spacial score (nSPS) is 11.5. The zero-order chi connectivity index (χ0) is 13.9. The second-order valence-corrected chi connectivity index (χ2v) is 4.44. The summed E-state index contributed by atoms with van der Waals surface area (Å²) in [7, 11) is 1.27. The van der Waals surface area contributed by atoms with Crippen LogP contribution in [0.25, 0.3) is 0 Å². The Morgan fingerprint density at radius 1 is 1.33 bits per heavy atom. The van der Waals surface area contributed by atoms with Gasteiger partial charge in [-0.3, -0.25) is 0 Å². The Morgan fingerprint density at radius 2 is 1.94 bits per heavy atom. The minimum atomic E-state index is -4.32. The molecule has 0 unspecified atom stereocenters. The smallest absolute Gasteiger partial charge is 0.369 e. The number of hydrogen-bond acceptors (Lipinski definition) is 3. The molecule has 0 bridgehead atoms. The third-order valence-corrected chi connectivity index (χ3v) is 2.60. The van der Waals surface area contributed by atoms with Crippen molar-refractivity contribution in [1.82, 2.24) is 4.98 Å². The summed E-state index contributed by atoms with van der Waals surface area (Å²) >= 11 is 11.7. The van der Waals surface area contributed by atoms with Crippen molar-refractivity contribution in [3.63, 3.8) is 0 Å².